The fourth-order valence-corrected chi connectivity index (χ4v) is 2.24. The fourth-order valence-electron chi connectivity index (χ4n) is 2.24. The van der Waals surface area contributed by atoms with Crippen LogP contribution in [-0.2, 0) is 4.74 Å². The number of hydrogen-bond donors (Lipinski definition) is 2. The predicted molar refractivity (Wildman–Crippen MR) is 69.1 cm³/mol. The number of rotatable bonds is 2. The molecule has 2 aromatic carbocycles. The van der Waals surface area contributed by atoms with E-state index in [0.29, 0.717) is 6.61 Å². The molecule has 0 radical (unpaired) electrons. The van der Waals surface area contributed by atoms with Crippen LogP contribution in [0.4, 0.5) is 0 Å². The zero-order valence-electron chi connectivity index (χ0n) is 9.91. The van der Waals surface area contributed by atoms with Gasteiger partial charge in [-0.15, -0.1) is 0 Å². The van der Waals surface area contributed by atoms with Gasteiger partial charge in [-0.25, -0.2) is 0 Å². The average molecular weight is 241 g/mol. The van der Waals surface area contributed by atoms with Crippen LogP contribution >= 0.6 is 0 Å². The third-order valence-electron chi connectivity index (χ3n) is 3.20. The van der Waals surface area contributed by atoms with Gasteiger partial charge in [-0.05, 0) is 11.6 Å². The van der Waals surface area contributed by atoms with Crippen molar-refractivity contribution in [1.82, 2.24) is 5.32 Å². The molecule has 2 N–H and O–H groups in total. The maximum Gasteiger partial charge on any atom is 0.138 e. The van der Waals surface area contributed by atoms with Gasteiger partial charge in [-0.3, -0.25) is 5.32 Å². The number of ether oxygens (including phenoxy) is 1. The number of hydrogen-bond acceptors (Lipinski definition) is 3. The molecule has 3 heteroatoms. The molecule has 1 aliphatic heterocycles. The Labute approximate surface area is 106 Å². The zero-order chi connectivity index (χ0) is 12.4. The second kappa shape index (κ2) is 4.80. The number of phenolic OH excluding ortho intramolecular Hbond substituents is 1. The van der Waals surface area contributed by atoms with Gasteiger partial charge in [-0.2, -0.15) is 0 Å². The van der Waals surface area contributed by atoms with E-state index in [1.54, 1.807) is 6.07 Å². The minimum absolute atomic E-state index is 0.177. The van der Waals surface area contributed by atoms with Crippen molar-refractivity contribution >= 4 is 0 Å². The van der Waals surface area contributed by atoms with Gasteiger partial charge in [0.25, 0.3) is 0 Å². The summed E-state index contributed by atoms with van der Waals surface area (Å²) >= 11 is 0. The van der Waals surface area contributed by atoms with Crippen LogP contribution < -0.4 is 5.32 Å². The molecule has 0 aliphatic carbocycles. The summed E-state index contributed by atoms with van der Waals surface area (Å²) in [5.74, 6) is 0.267. The minimum Gasteiger partial charge on any atom is -0.508 e. The lowest BCUT2D eigenvalue weighted by Gasteiger charge is -2.13. The van der Waals surface area contributed by atoms with Crippen molar-refractivity contribution in [3.63, 3.8) is 0 Å². The number of aromatic hydroxyl groups is 1. The van der Waals surface area contributed by atoms with Crippen molar-refractivity contribution in [3.8, 4) is 5.75 Å². The third kappa shape index (κ3) is 2.10. The number of phenols is 1. The lowest BCUT2D eigenvalue weighted by molar-refractivity contribution is 0.0986. The second-order valence-electron chi connectivity index (χ2n) is 4.40. The van der Waals surface area contributed by atoms with Gasteiger partial charge >= 0.3 is 0 Å². The van der Waals surface area contributed by atoms with Crippen molar-refractivity contribution in [1.29, 1.82) is 0 Å². The van der Waals surface area contributed by atoms with Crippen molar-refractivity contribution in [3.05, 3.63) is 65.7 Å². The van der Waals surface area contributed by atoms with E-state index < -0.39 is 0 Å². The summed E-state index contributed by atoms with van der Waals surface area (Å²) < 4.78 is 5.72. The molecule has 3 nitrogen and oxygen atoms in total. The highest BCUT2D eigenvalue weighted by molar-refractivity contribution is 5.34. The molecule has 3 rings (SSSR count). The maximum absolute atomic E-state index is 9.81. The van der Waals surface area contributed by atoms with Crippen molar-refractivity contribution < 1.29 is 9.84 Å². The summed E-state index contributed by atoms with van der Waals surface area (Å²) in [6, 6.07) is 17.6. The van der Waals surface area contributed by atoms with E-state index in [2.05, 4.69) is 17.4 Å². The Kier molecular flexibility index (Phi) is 3.00. The largest absolute Gasteiger partial charge is 0.508 e. The van der Waals surface area contributed by atoms with E-state index in [1.807, 2.05) is 36.4 Å². The molecule has 0 bridgehead atoms. The summed E-state index contributed by atoms with van der Waals surface area (Å²) in [7, 11) is 0. The second-order valence-corrected chi connectivity index (χ2v) is 4.40. The van der Waals surface area contributed by atoms with Crippen LogP contribution in [0.25, 0.3) is 0 Å². The van der Waals surface area contributed by atoms with Crippen molar-refractivity contribution in [2.45, 2.75) is 12.3 Å². The summed E-state index contributed by atoms with van der Waals surface area (Å²) in [6.45, 7) is 0.614. The number of para-hydroxylation sites is 1. The zero-order valence-corrected chi connectivity index (χ0v) is 9.91. The quantitative estimate of drug-likeness (QED) is 0.849. The van der Waals surface area contributed by atoms with Crippen molar-refractivity contribution in [2.75, 3.05) is 6.61 Å². The topological polar surface area (TPSA) is 41.5 Å². The van der Waals surface area contributed by atoms with Gasteiger partial charge in [0.1, 0.15) is 12.0 Å². The third-order valence-corrected chi connectivity index (χ3v) is 3.20. The molecule has 1 aliphatic rings. The number of nitrogens with one attached hydrogen (secondary N) is 1. The Bertz CT molecular complexity index is 527. The highest BCUT2D eigenvalue weighted by Gasteiger charge is 2.27. The Balaban J connectivity index is 1.78. The lowest BCUT2D eigenvalue weighted by Crippen LogP contribution is -2.18. The molecule has 1 fully saturated rings. The minimum atomic E-state index is -0.239. The van der Waals surface area contributed by atoms with Gasteiger partial charge in [0.05, 0.1) is 12.6 Å². The molecule has 0 spiro atoms. The molecule has 0 saturated carbocycles. The molecule has 1 heterocycles. The Morgan fingerprint density at radius 2 is 1.72 bits per heavy atom. The summed E-state index contributed by atoms with van der Waals surface area (Å²) in [4.78, 5) is 0. The van der Waals surface area contributed by atoms with Crippen LogP contribution in [0.3, 0.4) is 0 Å². The van der Waals surface area contributed by atoms with Gasteiger partial charge in [0, 0.05) is 5.56 Å². The molecule has 1 saturated heterocycles. The van der Waals surface area contributed by atoms with Crippen LogP contribution in [0, 0.1) is 0 Å². The van der Waals surface area contributed by atoms with E-state index in [4.69, 9.17) is 4.74 Å². The first kappa shape index (κ1) is 11.3. The Hall–Kier alpha value is -1.84. The van der Waals surface area contributed by atoms with Gasteiger partial charge in [-0.1, -0.05) is 48.5 Å². The van der Waals surface area contributed by atoms with Crippen LogP contribution in [0.15, 0.2) is 54.6 Å². The summed E-state index contributed by atoms with van der Waals surface area (Å²) in [6.07, 6.45) is -0.239. The Morgan fingerprint density at radius 1 is 1.00 bits per heavy atom. The van der Waals surface area contributed by atoms with Gasteiger partial charge in [0.15, 0.2) is 0 Å². The average Bonchev–Trinajstić information content (AvgIpc) is 2.90. The smallest absolute Gasteiger partial charge is 0.138 e. The van der Waals surface area contributed by atoms with Crippen LogP contribution in [0.1, 0.15) is 23.4 Å². The molecule has 18 heavy (non-hydrogen) atoms. The molecule has 2 unspecified atom stereocenters. The first-order valence-electron chi connectivity index (χ1n) is 6.05. The molecular formula is C15H15NO2. The molecule has 2 atom stereocenters. The summed E-state index contributed by atoms with van der Waals surface area (Å²) in [5.41, 5.74) is 1.99. The van der Waals surface area contributed by atoms with E-state index in [0.717, 1.165) is 5.56 Å². The normalized spacial score (nSPS) is 23.1. The monoisotopic (exact) mass is 241 g/mol. The molecule has 2 aromatic rings. The van der Waals surface area contributed by atoms with Crippen LogP contribution in [-0.4, -0.2) is 11.7 Å². The lowest BCUT2D eigenvalue weighted by atomic mass is 10.1. The van der Waals surface area contributed by atoms with E-state index in [9.17, 15) is 5.11 Å². The van der Waals surface area contributed by atoms with Crippen LogP contribution in [0.5, 0.6) is 5.75 Å². The summed E-state index contributed by atoms with van der Waals surface area (Å²) in [5, 5.41) is 13.2. The van der Waals surface area contributed by atoms with E-state index in [1.165, 1.54) is 5.56 Å². The van der Waals surface area contributed by atoms with Crippen LogP contribution in [0.2, 0.25) is 0 Å². The first-order valence-corrected chi connectivity index (χ1v) is 6.05. The maximum atomic E-state index is 9.81. The Morgan fingerprint density at radius 3 is 2.50 bits per heavy atom. The first-order chi connectivity index (χ1) is 8.84. The molecule has 92 valence electrons. The van der Waals surface area contributed by atoms with Gasteiger partial charge in [0.2, 0.25) is 0 Å². The molecular weight excluding hydrogens is 226 g/mol. The highest BCUT2D eigenvalue weighted by Crippen LogP contribution is 2.32. The molecule has 0 aromatic heterocycles. The SMILES string of the molecule is Oc1ccccc1C1NC(c2ccccc2)CO1. The standard InChI is InChI=1S/C15H15NO2/c17-14-9-5-4-8-12(14)15-16-13(10-18-15)11-6-2-1-3-7-11/h1-9,13,15-17H,10H2. The highest BCUT2D eigenvalue weighted by atomic mass is 16.5. The predicted octanol–water partition coefficient (Wildman–Crippen LogP) is 2.75. The molecule has 0 amide bonds. The van der Waals surface area contributed by atoms with E-state index >= 15 is 0 Å². The number of benzene rings is 2. The van der Waals surface area contributed by atoms with Gasteiger partial charge < -0.3 is 9.84 Å². The van der Waals surface area contributed by atoms with Crippen molar-refractivity contribution in [2.24, 2.45) is 0 Å². The fraction of sp³-hybridized carbons (Fsp3) is 0.200. The van der Waals surface area contributed by atoms with E-state index in [-0.39, 0.29) is 18.0 Å².